The molecule has 19 heavy (non-hydrogen) atoms. The number of hydrogen-bond donors (Lipinski definition) is 2. The van der Waals surface area contributed by atoms with Crippen LogP contribution in [-0.4, -0.2) is 42.0 Å². The molecule has 1 aromatic rings. The number of nitrogen functional groups attached to an aromatic ring is 1. The van der Waals surface area contributed by atoms with Crippen molar-refractivity contribution < 1.29 is 4.79 Å². The fourth-order valence-electron chi connectivity index (χ4n) is 2.53. The van der Waals surface area contributed by atoms with Crippen LogP contribution in [0.1, 0.15) is 29.4 Å². The predicted octanol–water partition coefficient (Wildman–Crippen LogP) is 1.04. The van der Waals surface area contributed by atoms with Gasteiger partial charge < -0.3 is 16.0 Å². The molecule has 1 fully saturated rings. The normalized spacial score (nSPS) is 19.6. The number of carbonyl (C=O) groups is 1. The van der Waals surface area contributed by atoms with Gasteiger partial charge in [-0.1, -0.05) is 6.92 Å². The zero-order valence-electron chi connectivity index (χ0n) is 11.6. The summed E-state index contributed by atoms with van der Waals surface area (Å²) in [5.74, 6) is 0.888. The molecule has 0 bridgehead atoms. The number of rotatable bonds is 4. The van der Waals surface area contributed by atoms with Gasteiger partial charge >= 0.3 is 0 Å². The summed E-state index contributed by atoms with van der Waals surface area (Å²) >= 11 is 0. The Balaban J connectivity index is 1.87. The third-order valence-electron chi connectivity index (χ3n) is 3.60. The lowest BCUT2D eigenvalue weighted by atomic mass is 10.1. The fourth-order valence-corrected chi connectivity index (χ4v) is 2.53. The lowest BCUT2D eigenvalue weighted by Gasteiger charge is -2.14. The minimum Gasteiger partial charge on any atom is -0.384 e. The number of aryl methyl sites for hydroxylation is 1. The topological polar surface area (TPSA) is 71.2 Å². The SMILES string of the molecule is CCN1CCC(CNC(=O)c2cc(C)nc(N)c2)C1. The monoisotopic (exact) mass is 262 g/mol. The molecule has 0 spiro atoms. The van der Waals surface area contributed by atoms with E-state index in [1.807, 2.05) is 6.92 Å². The molecule has 5 nitrogen and oxygen atoms in total. The van der Waals surface area contributed by atoms with Gasteiger partial charge in [0.1, 0.15) is 5.82 Å². The lowest BCUT2D eigenvalue weighted by molar-refractivity contribution is 0.0947. The minimum absolute atomic E-state index is 0.0628. The van der Waals surface area contributed by atoms with Crippen molar-refractivity contribution in [1.29, 1.82) is 0 Å². The molecule has 1 amide bonds. The third kappa shape index (κ3) is 3.67. The second-order valence-electron chi connectivity index (χ2n) is 5.18. The summed E-state index contributed by atoms with van der Waals surface area (Å²) in [7, 11) is 0. The molecule has 1 unspecified atom stereocenters. The minimum atomic E-state index is -0.0628. The first-order chi connectivity index (χ1) is 9.08. The maximum absolute atomic E-state index is 12.0. The Kier molecular flexibility index (Phi) is 4.37. The smallest absolute Gasteiger partial charge is 0.251 e. The summed E-state index contributed by atoms with van der Waals surface area (Å²) in [5.41, 5.74) is 7.01. The van der Waals surface area contributed by atoms with Crippen LogP contribution in [0.5, 0.6) is 0 Å². The van der Waals surface area contributed by atoms with E-state index in [1.54, 1.807) is 12.1 Å². The van der Waals surface area contributed by atoms with Gasteiger partial charge in [-0.15, -0.1) is 0 Å². The van der Waals surface area contributed by atoms with E-state index in [9.17, 15) is 4.79 Å². The van der Waals surface area contributed by atoms with Crippen LogP contribution in [0.4, 0.5) is 5.82 Å². The van der Waals surface area contributed by atoms with E-state index < -0.39 is 0 Å². The highest BCUT2D eigenvalue weighted by Crippen LogP contribution is 2.15. The summed E-state index contributed by atoms with van der Waals surface area (Å²) in [6, 6.07) is 3.38. The first-order valence-electron chi connectivity index (χ1n) is 6.83. The summed E-state index contributed by atoms with van der Waals surface area (Å²) in [5, 5.41) is 2.99. The number of pyridine rings is 1. The van der Waals surface area contributed by atoms with Crippen molar-refractivity contribution in [2.24, 2.45) is 5.92 Å². The number of likely N-dealkylation sites (tertiary alicyclic amines) is 1. The summed E-state index contributed by atoms with van der Waals surface area (Å²) in [6.07, 6.45) is 1.16. The molecular weight excluding hydrogens is 240 g/mol. The number of aromatic nitrogens is 1. The molecule has 0 aliphatic carbocycles. The van der Waals surface area contributed by atoms with Crippen LogP contribution < -0.4 is 11.1 Å². The first kappa shape index (κ1) is 13.8. The van der Waals surface area contributed by atoms with Crippen molar-refractivity contribution in [3.63, 3.8) is 0 Å². The highest BCUT2D eigenvalue weighted by Gasteiger charge is 2.21. The highest BCUT2D eigenvalue weighted by atomic mass is 16.1. The zero-order chi connectivity index (χ0) is 13.8. The molecule has 0 radical (unpaired) electrons. The van der Waals surface area contributed by atoms with Crippen molar-refractivity contribution >= 4 is 11.7 Å². The van der Waals surface area contributed by atoms with E-state index in [1.165, 1.54) is 0 Å². The second-order valence-corrected chi connectivity index (χ2v) is 5.18. The molecule has 1 aromatic heterocycles. The van der Waals surface area contributed by atoms with Crippen LogP contribution in [0.25, 0.3) is 0 Å². The molecule has 0 aromatic carbocycles. The van der Waals surface area contributed by atoms with Gasteiger partial charge in [-0.3, -0.25) is 4.79 Å². The van der Waals surface area contributed by atoms with Gasteiger partial charge in [0.15, 0.2) is 0 Å². The standard InChI is InChI=1S/C14H22N4O/c1-3-18-5-4-11(9-18)8-16-14(19)12-6-10(2)17-13(15)7-12/h6-7,11H,3-5,8-9H2,1-2H3,(H2,15,17)(H,16,19). The largest absolute Gasteiger partial charge is 0.384 e. The van der Waals surface area contributed by atoms with Crippen molar-refractivity contribution in [3.8, 4) is 0 Å². The number of anilines is 1. The Morgan fingerprint density at radius 3 is 3.00 bits per heavy atom. The van der Waals surface area contributed by atoms with Gasteiger partial charge in [0.05, 0.1) is 0 Å². The molecule has 5 heteroatoms. The summed E-state index contributed by atoms with van der Waals surface area (Å²) in [4.78, 5) is 18.5. The van der Waals surface area contributed by atoms with Crippen LogP contribution in [0, 0.1) is 12.8 Å². The van der Waals surface area contributed by atoms with Crippen LogP contribution in [0.3, 0.4) is 0 Å². The Morgan fingerprint density at radius 2 is 2.37 bits per heavy atom. The molecule has 1 saturated heterocycles. The maximum atomic E-state index is 12.0. The Hall–Kier alpha value is -1.62. The average molecular weight is 262 g/mol. The molecule has 3 N–H and O–H groups in total. The number of hydrogen-bond acceptors (Lipinski definition) is 4. The zero-order valence-corrected chi connectivity index (χ0v) is 11.6. The van der Waals surface area contributed by atoms with Gasteiger partial charge in [-0.2, -0.15) is 0 Å². The molecule has 1 aliphatic heterocycles. The van der Waals surface area contributed by atoms with Gasteiger partial charge in [0, 0.05) is 24.3 Å². The number of carbonyl (C=O) groups excluding carboxylic acids is 1. The maximum Gasteiger partial charge on any atom is 0.251 e. The van der Waals surface area contributed by atoms with Crippen LogP contribution in [0.2, 0.25) is 0 Å². The van der Waals surface area contributed by atoms with Gasteiger partial charge in [-0.25, -0.2) is 4.98 Å². The number of nitrogens with one attached hydrogen (secondary N) is 1. The Bertz CT molecular complexity index is 441. The molecule has 1 atom stereocenters. The third-order valence-corrected chi connectivity index (χ3v) is 3.60. The van der Waals surface area contributed by atoms with Gasteiger partial charge in [0.25, 0.3) is 5.91 Å². The van der Waals surface area contributed by atoms with E-state index in [4.69, 9.17) is 5.73 Å². The van der Waals surface area contributed by atoms with Crippen molar-refractivity contribution in [2.45, 2.75) is 20.3 Å². The van der Waals surface area contributed by atoms with E-state index in [-0.39, 0.29) is 5.91 Å². The van der Waals surface area contributed by atoms with Gasteiger partial charge in [0.2, 0.25) is 0 Å². The highest BCUT2D eigenvalue weighted by molar-refractivity contribution is 5.94. The van der Waals surface area contributed by atoms with Crippen LogP contribution in [0.15, 0.2) is 12.1 Å². The van der Waals surface area contributed by atoms with E-state index in [0.717, 1.165) is 38.3 Å². The van der Waals surface area contributed by atoms with Crippen molar-refractivity contribution in [3.05, 3.63) is 23.4 Å². The molecule has 2 rings (SSSR count). The Morgan fingerprint density at radius 1 is 1.58 bits per heavy atom. The quantitative estimate of drug-likeness (QED) is 0.850. The number of nitrogens with two attached hydrogens (primary N) is 1. The average Bonchev–Trinajstić information content (AvgIpc) is 2.82. The van der Waals surface area contributed by atoms with E-state index in [0.29, 0.717) is 17.3 Å². The predicted molar refractivity (Wildman–Crippen MR) is 75.9 cm³/mol. The molecule has 1 aliphatic rings. The van der Waals surface area contributed by atoms with Crippen molar-refractivity contribution in [2.75, 3.05) is 31.9 Å². The second kappa shape index (κ2) is 6.02. The molecular formula is C14H22N4O. The number of amides is 1. The number of nitrogens with zero attached hydrogens (tertiary/aromatic N) is 2. The molecule has 104 valence electrons. The first-order valence-corrected chi connectivity index (χ1v) is 6.83. The van der Waals surface area contributed by atoms with E-state index >= 15 is 0 Å². The van der Waals surface area contributed by atoms with Gasteiger partial charge in [-0.05, 0) is 44.5 Å². The van der Waals surface area contributed by atoms with Crippen molar-refractivity contribution in [1.82, 2.24) is 15.2 Å². The molecule has 0 saturated carbocycles. The Labute approximate surface area is 114 Å². The summed E-state index contributed by atoms with van der Waals surface area (Å²) < 4.78 is 0. The summed E-state index contributed by atoms with van der Waals surface area (Å²) in [6.45, 7) is 8.04. The fraction of sp³-hybridized carbons (Fsp3) is 0.571. The van der Waals surface area contributed by atoms with Crippen LogP contribution in [-0.2, 0) is 0 Å². The van der Waals surface area contributed by atoms with E-state index in [2.05, 4.69) is 22.1 Å². The molecule has 2 heterocycles. The lowest BCUT2D eigenvalue weighted by Crippen LogP contribution is -2.31. The van der Waals surface area contributed by atoms with Crippen LogP contribution >= 0.6 is 0 Å².